The highest BCUT2D eigenvalue weighted by atomic mass is 19.4. The zero-order valence-electron chi connectivity index (χ0n) is 19.1. The van der Waals surface area contributed by atoms with E-state index < -0.39 is 17.7 Å². The fourth-order valence-corrected chi connectivity index (χ4v) is 5.17. The van der Waals surface area contributed by atoms with Crippen LogP contribution < -0.4 is 0 Å². The zero-order valence-corrected chi connectivity index (χ0v) is 19.1. The number of nitrogens with zero attached hydrogens (tertiary/aromatic N) is 3. The fourth-order valence-electron chi connectivity index (χ4n) is 5.17. The average Bonchev–Trinajstić information content (AvgIpc) is 3.36. The third-order valence-electron chi connectivity index (χ3n) is 6.81. The van der Waals surface area contributed by atoms with E-state index in [1.165, 1.54) is 11.1 Å². The van der Waals surface area contributed by atoms with Crippen LogP contribution in [-0.4, -0.2) is 77.7 Å². The molecule has 1 aromatic rings. The Morgan fingerprint density at radius 2 is 1.94 bits per heavy atom. The number of likely N-dealkylation sites (tertiary alicyclic amines) is 1. The van der Waals surface area contributed by atoms with E-state index in [-0.39, 0.29) is 5.91 Å². The van der Waals surface area contributed by atoms with Crippen LogP contribution in [0.5, 0.6) is 0 Å². The smallest absolute Gasteiger partial charge is 0.475 e. The van der Waals surface area contributed by atoms with Crippen LogP contribution in [0.4, 0.5) is 13.2 Å². The van der Waals surface area contributed by atoms with Crippen LogP contribution in [-0.2, 0) is 20.9 Å². The first-order chi connectivity index (χ1) is 15.5. The highest BCUT2D eigenvalue weighted by Gasteiger charge is 2.60. The van der Waals surface area contributed by atoms with E-state index in [1.54, 1.807) is 7.11 Å². The van der Waals surface area contributed by atoms with Crippen molar-refractivity contribution >= 4 is 17.7 Å². The van der Waals surface area contributed by atoms with Crippen LogP contribution in [0.25, 0.3) is 0 Å². The number of carbonyl (C=O) groups is 2. The number of methoxy groups -OCH3 is 1. The molecule has 0 bridgehead atoms. The summed E-state index contributed by atoms with van der Waals surface area (Å²) in [4.78, 5) is 31.5. The van der Waals surface area contributed by atoms with Crippen molar-refractivity contribution in [1.82, 2.24) is 9.80 Å². The zero-order chi connectivity index (χ0) is 24.4. The lowest BCUT2D eigenvalue weighted by molar-refractivity contribution is -0.192. The molecule has 1 saturated heterocycles. The van der Waals surface area contributed by atoms with Gasteiger partial charge in [0.1, 0.15) is 11.4 Å². The first-order valence-electron chi connectivity index (χ1n) is 10.9. The Hall–Kier alpha value is -2.46. The molecule has 7 nitrogen and oxygen atoms in total. The van der Waals surface area contributed by atoms with Crippen LogP contribution in [0, 0.1) is 18.8 Å². The molecule has 0 aromatic heterocycles. The number of aliphatic carboxylic acids is 1. The number of halogens is 3. The maximum atomic E-state index is 13.2. The van der Waals surface area contributed by atoms with Crippen molar-refractivity contribution in [2.24, 2.45) is 16.8 Å². The number of hydrogen-bond acceptors (Lipinski definition) is 5. The number of amidine groups is 1. The van der Waals surface area contributed by atoms with Gasteiger partial charge in [-0.2, -0.15) is 13.2 Å². The molecule has 2 aliphatic heterocycles. The summed E-state index contributed by atoms with van der Waals surface area (Å²) in [6, 6.07) is 8.60. The van der Waals surface area contributed by atoms with Crippen molar-refractivity contribution in [3.8, 4) is 0 Å². The lowest BCUT2D eigenvalue weighted by atomic mass is 9.85. The van der Waals surface area contributed by atoms with Crippen molar-refractivity contribution in [2.45, 2.75) is 44.9 Å². The van der Waals surface area contributed by atoms with Gasteiger partial charge in [0.15, 0.2) is 0 Å². The predicted molar refractivity (Wildman–Crippen MR) is 116 cm³/mol. The molecule has 1 saturated carbocycles. The number of hydrogen-bond donors (Lipinski definition) is 1. The molecule has 33 heavy (non-hydrogen) atoms. The first-order valence-corrected chi connectivity index (χ1v) is 10.9. The summed E-state index contributed by atoms with van der Waals surface area (Å²) in [6.07, 6.45) is -3.07. The molecule has 1 spiro atoms. The van der Waals surface area contributed by atoms with E-state index in [1.807, 2.05) is 11.8 Å². The van der Waals surface area contributed by atoms with Crippen molar-refractivity contribution in [1.29, 1.82) is 0 Å². The largest absolute Gasteiger partial charge is 0.490 e. The number of ether oxygens (including phenoxy) is 1. The summed E-state index contributed by atoms with van der Waals surface area (Å²) in [7, 11) is 1.68. The number of amides is 1. The van der Waals surface area contributed by atoms with Crippen molar-refractivity contribution in [3.63, 3.8) is 0 Å². The Morgan fingerprint density at radius 3 is 2.55 bits per heavy atom. The van der Waals surface area contributed by atoms with Gasteiger partial charge in [0.25, 0.3) is 5.91 Å². The van der Waals surface area contributed by atoms with Crippen LogP contribution in [0.2, 0.25) is 0 Å². The van der Waals surface area contributed by atoms with Crippen molar-refractivity contribution in [3.05, 3.63) is 35.4 Å². The quantitative estimate of drug-likeness (QED) is 0.717. The number of rotatable bonds is 5. The highest BCUT2D eigenvalue weighted by molar-refractivity contribution is 6.07. The lowest BCUT2D eigenvalue weighted by Crippen LogP contribution is -2.47. The molecule has 1 N–H and O–H groups in total. The fraction of sp³-hybridized carbons (Fsp3) is 0.609. The molecule has 3 aliphatic rings. The Kier molecular flexibility index (Phi) is 7.48. The number of alkyl halides is 3. The summed E-state index contributed by atoms with van der Waals surface area (Å²) in [6.45, 7) is 8.34. The number of carboxylic acid groups (broad SMARTS) is 1. The Bertz CT molecular complexity index is 920. The maximum Gasteiger partial charge on any atom is 0.490 e. The van der Waals surface area contributed by atoms with E-state index in [0.29, 0.717) is 25.0 Å². The van der Waals surface area contributed by atoms with Gasteiger partial charge in [-0.3, -0.25) is 19.6 Å². The van der Waals surface area contributed by atoms with E-state index in [4.69, 9.17) is 19.6 Å². The van der Waals surface area contributed by atoms with E-state index >= 15 is 0 Å². The molecule has 1 aromatic carbocycles. The monoisotopic (exact) mass is 469 g/mol. The molecule has 10 heteroatoms. The SMILES string of the molecule is COCCN1C(=O)[C@]2(CC[C@@H]3CN(Cc4ccccc4C)C[C@@H]32)N=C1C.O=C(O)C(F)(F)F. The standard InChI is InChI=1S/C21H29N3O2.C2HF3O2/c1-15-6-4-5-7-17(15)12-23-13-18-8-9-21(19(18)14-23)20(25)24(10-11-26-3)16(2)22-21;3-2(4,5)1(6)7/h4-7,18-19H,8-14H2,1-3H3;(H,6,7)/t18-,19+,21-;/m1./s1. The van der Waals surface area contributed by atoms with Gasteiger partial charge in [0.05, 0.1) is 13.2 Å². The third kappa shape index (κ3) is 5.22. The number of fused-ring (bicyclic) bond motifs is 2. The lowest BCUT2D eigenvalue weighted by Gasteiger charge is -2.28. The van der Waals surface area contributed by atoms with Gasteiger partial charge in [-0.1, -0.05) is 24.3 Å². The molecule has 2 fully saturated rings. The molecule has 1 aliphatic carbocycles. The van der Waals surface area contributed by atoms with Gasteiger partial charge in [0, 0.05) is 32.7 Å². The molecular weight excluding hydrogens is 439 g/mol. The Morgan fingerprint density at radius 1 is 1.27 bits per heavy atom. The second-order valence-corrected chi connectivity index (χ2v) is 8.86. The molecular formula is C23H30F3N3O4. The Balaban J connectivity index is 0.000000383. The van der Waals surface area contributed by atoms with Gasteiger partial charge in [-0.15, -0.1) is 0 Å². The molecule has 182 valence electrons. The van der Waals surface area contributed by atoms with Gasteiger partial charge < -0.3 is 9.84 Å². The number of benzene rings is 1. The van der Waals surface area contributed by atoms with E-state index in [0.717, 1.165) is 38.3 Å². The number of aryl methyl sites for hydroxylation is 1. The van der Waals surface area contributed by atoms with Crippen LogP contribution in [0.3, 0.4) is 0 Å². The number of aliphatic imine (C=N–C) groups is 1. The molecule has 0 radical (unpaired) electrons. The third-order valence-corrected chi connectivity index (χ3v) is 6.81. The summed E-state index contributed by atoms with van der Waals surface area (Å²) >= 11 is 0. The van der Waals surface area contributed by atoms with Gasteiger partial charge in [0.2, 0.25) is 0 Å². The normalized spacial score (nSPS) is 26.9. The van der Waals surface area contributed by atoms with Gasteiger partial charge in [-0.05, 0) is 43.7 Å². The van der Waals surface area contributed by atoms with Crippen molar-refractivity contribution in [2.75, 3.05) is 33.4 Å². The molecule has 2 heterocycles. The van der Waals surface area contributed by atoms with Gasteiger partial charge in [-0.25, -0.2) is 4.79 Å². The highest BCUT2D eigenvalue weighted by Crippen LogP contribution is 2.50. The van der Waals surface area contributed by atoms with E-state index in [2.05, 4.69) is 36.1 Å². The topological polar surface area (TPSA) is 82.4 Å². The molecule has 1 amide bonds. The molecule has 4 rings (SSSR count). The summed E-state index contributed by atoms with van der Waals surface area (Å²) in [5, 5.41) is 7.12. The predicted octanol–water partition coefficient (Wildman–Crippen LogP) is 3.12. The summed E-state index contributed by atoms with van der Waals surface area (Å²) < 4.78 is 36.9. The Labute approximate surface area is 191 Å². The summed E-state index contributed by atoms with van der Waals surface area (Å²) in [5.41, 5.74) is 2.22. The minimum Gasteiger partial charge on any atom is -0.475 e. The van der Waals surface area contributed by atoms with Crippen LogP contribution in [0.1, 0.15) is 30.9 Å². The van der Waals surface area contributed by atoms with Crippen LogP contribution >= 0.6 is 0 Å². The number of carbonyl (C=O) groups excluding carboxylic acids is 1. The second-order valence-electron chi connectivity index (χ2n) is 8.86. The average molecular weight is 470 g/mol. The van der Waals surface area contributed by atoms with Crippen LogP contribution in [0.15, 0.2) is 29.3 Å². The maximum absolute atomic E-state index is 13.2. The molecule has 0 unspecified atom stereocenters. The number of carboxylic acids is 1. The van der Waals surface area contributed by atoms with Crippen molar-refractivity contribution < 1.29 is 32.6 Å². The first kappa shape index (κ1) is 25.2. The minimum atomic E-state index is -5.08. The van der Waals surface area contributed by atoms with Gasteiger partial charge >= 0.3 is 12.1 Å². The second kappa shape index (κ2) is 9.80. The minimum absolute atomic E-state index is 0.206. The molecule has 3 atom stereocenters. The summed E-state index contributed by atoms with van der Waals surface area (Å²) in [5.74, 6) is -0.752. The van der Waals surface area contributed by atoms with E-state index in [9.17, 15) is 18.0 Å².